The third-order valence-electron chi connectivity index (χ3n) is 5.11. The molecule has 1 aliphatic carbocycles. The molecule has 5 heteroatoms. The van der Waals surface area contributed by atoms with Crippen LogP contribution in [0.4, 0.5) is 0 Å². The highest BCUT2D eigenvalue weighted by Gasteiger charge is 2.26. The van der Waals surface area contributed by atoms with E-state index in [1.54, 1.807) is 0 Å². The number of hydrogen-bond acceptors (Lipinski definition) is 5. The second-order valence-electron chi connectivity index (χ2n) is 6.63. The number of benzene rings is 1. The fourth-order valence-electron chi connectivity index (χ4n) is 3.77. The van der Waals surface area contributed by atoms with E-state index in [0.717, 1.165) is 37.1 Å². The van der Waals surface area contributed by atoms with Gasteiger partial charge in [-0.2, -0.15) is 4.98 Å². The first-order valence-corrected chi connectivity index (χ1v) is 8.73. The van der Waals surface area contributed by atoms with E-state index in [0.29, 0.717) is 5.82 Å². The first-order valence-electron chi connectivity index (χ1n) is 8.73. The minimum Gasteiger partial charge on any atom is -0.338 e. The third-order valence-corrected chi connectivity index (χ3v) is 5.11. The Hall–Kier alpha value is -1.72. The van der Waals surface area contributed by atoms with Crippen LogP contribution >= 0.6 is 0 Å². The summed E-state index contributed by atoms with van der Waals surface area (Å²) in [6.07, 6.45) is 5.61. The zero-order valence-electron chi connectivity index (χ0n) is 13.5. The average Bonchev–Trinajstić information content (AvgIpc) is 3.28. The smallest absolute Gasteiger partial charge is 0.241 e. The number of aromatic nitrogens is 2. The molecule has 2 aromatic rings. The van der Waals surface area contributed by atoms with Gasteiger partial charge in [0, 0.05) is 37.8 Å². The van der Waals surface area contributed by atoms with Gasteiger partial charge in [0.05, 0.1) is 6.54 Å². The summed E-state index contributed by atoms with van der Waals surface area (Å²) in [7, 11) is 0. The molecule has 0 bridgehead atoms. The van der Waals surface area contributed by atoms with Gasteiger partial charge in [-0.15, -0.1) is 0 Å². The molecule has 0 unspecified atom stereocenters. The van der Waals surface area contributed by atoms with Gasteiger partial charge in [0.1, 0.15) is 0 Å². The van der Waals surface area contributed by atoms with Gasteiger partial charge in [0.15, 0.2) is 0 Å². The van der Waals surface area contributed by atoms with Crippen molar-refractivity contribution in [3.05, 3.63) is 36.2 Å². The molecule has 5 nitrogen and oxygen atoms in total. The van der Waals surface area contributed by atoms with Crippen molar-refractivity contribution in [1.82, 2.24) is 19.9 Å². The normalized spacial score (nSPS) is 21.0. The van der Waals surface area contributed by atoms with Crippen molar-refractivity contribution < 1.29 is 4.52 Å². The number of piperazine rings is 1. The van der Waals surface area contributed by atoms with Crippen LogP contribution in [0.3, 0.4) is 0 Å². The van der Waals surface area contributed by atoms with Gasteiger partial charge in [0.2, 0.25) is 11.7 Å². The average molecular weight is 312 g/mol. The molecule has 1 aromatic carbocycles. The molecule has 2 aliphatic rings. The summed E-state index contributed by atoms with van der Waals surface area (Å²) in [4.78, 5) is 9.64. The van der Waals surface area contributed by atoms with Crippen LogP contribution in [0.15, 0.2) is 34.9 Å². The van der Waals surface area contributed by atoms with Gasteiger partial charge >= 0.3 is 0 Å². The summed E-state index contributed by atoms with van der Waals surface area (Å²) < 4.78 is 5.43. The third kappa shape index (κ3) is 3.46. The summed E-state index contributed by atoms with van der Waals surface area (Å²) in [6.45, 7) is 5.30. The highest BCUT2D eigenvalue weighted by molar-refractivity contribution is 5.53. The maximum atomic E-state index is 5.43. The minimum absolute atomic E-state index is 0.685. The van der Waals surface area contributed by atoms with Crippen LogP contribution in [0.1, 0.15) is 31.6 Å². The van der Waals surface area contributed by atoms with E-state index in [2.05, 4.69) is 19.9 Å². The molecule has 0 radical (unpaired) electrons. The summed E-state index contributed by atoms with van der Waals surface area (Å²) in [6, 6.07) is 10.8. The van der Waals surface area contributed by atoms with Crippen LogP contribution in [-0.4, -0.2) is 52.2 Å². The standard InChI is InChI=1S/C18H24N4O/c1-2-6-15(7-3-1)18-19-17(23-20-18)14-21-10-12-22(13-11-21)16-8-4-5-9-16/h1-3,6-7,16H,4-5,8-14H2. The van der Waals surface area contributed by atoms with Crippen molar-refractivity contribution in [3.8, 4) is 11.4 Å². The lowest BCUT2D eigenvalue weighted by molar-refractivity contribution is 0.0868. The molecule has 4 rings (SSSR count). The maximum absolute atomic E-state index is 5.43. The Balaban J connectivity index is 1.32. The molecule has 0 spiro atoms. The topological polar surface area (TPSA) is 45.4 Å². The Kier molecular flexibility index (Phi) is 4.39. The van der Waals surface area contributed by atoms with Gasteiger partial charge < -0.3 is 4.52 Å². The first-order chi connectivity index (χ1) is 11.4. The van der Waals surface area contributed by atoms with Gasteiger partial charge in [-0.25, -0.2) is 0 Å². The zero-order chi connectivity index (χ0) is 15.5. The lowest BCUT2D eigenvalue weighted by atomic mass is 10.2. The predicted octanol–water partition coefficient (Wildman–Crippen LogP) is 2.80. The summed E-state index contributed by atoms with van der Waals surface area (Å²) in [5.41, 5.74) is 1.01. The van der Waals surface area contributed by atoms with Crippen LogP contribution in [-0.2, 0) is 6.54 Å². The lowest BCUT2D eigenvalue weighted by Crippen LogP contribution is -2.49. The molecular weight excluding hydrogens is 288 g/mol. The van der Waals surface area contributed by atoms with Gasteiger partial charge in [-0.3, -0.25) is 9.80 Å². The van der Waals surface area contributed by atoms with Crippen molar-refractivity contribution in [1.29, 1.82) is 0 Å². The molecule has 2 heterocycles. The highest BCUT2D eigenvalue weighted by atomic mass is 16.5. The van der Waals surface area contributed by atoms with E-state index < -0.39 is 0 Å². The van der Waals surface area contributed by atoms with Gasteiger partial charge in [-0.1, -0.05) is 48.3 Å². The molecular formula is C18H24N4O. The van der Waals surface area contributed by atoms with E-state index >= 15 is 0 Å². The van der Waals surface area contributed by atoms with Crippen molar-refractivity contribution in [2.45, 2.75) is 38.3 Å². The van der Waals surface area contributed by atoms with Crippen molar-refractivity contribution in [2.24, 2.45) is 0 Å². The summed E-state index contributed by atoms with van der Waals surface area (Å²) in [5, 5.41) is 4.11. The van der Waals surface area contributed by atoms with Crippen LogP contribution in [0, 0.1) is 0 Å². The molecule has 0 atom stereocenters. The van der Waals surface area contributed by atoms with Crippen LogP contribution in [0.2, 0.25) is 0 Å². The molecule has 1 aliphatic heterocycles. The van der Waals surface area contributed by atoms with Gasteiger partial charge in [0.25, 0.3) is 0 Å². The Bertz CT molecular complexity index is 613. The Labute approximate surface area is 137 Å². The Morgan fingerprint density at radius 2 is 1.74 bits per heavy atom. The fraction of sp³-hybridized carbons (Fsp3) is 0.556. The van der Waals surface area contributed by atoms with Gasteiger partial charge in [-0.05, 0) is 12.8 Å². The fourth-order valence-corrected chi connectivity index (χ4v) is 3.77. The Morgan fingerprint density at radius 3 is 2.48 bits per heavy atom. The SMILES string of the molecule is c1ccc(-c2noc(CN3CCN(C4CCCC4)CC3)n2)cc1. The minimum atomic E-state index is 0.685. The second kappa shape index (κ2) is 6.81. The molecule has 1 saturated heterocycles. The zero-order valence-corrected chi connectivity index (χ0v) is 13.5. The molecule has 23 heavy (non-hydrogen) atoms. The monoisotopic (exact) mass is 312 g/mol. The number of rotatable bonds is 4. The largest absolute Gasteiger partial charge is 0.338 e. The van der Waals surface area contributed by atoms with Crippen LogP contribution in [0.5, 0.6) is 0 Å². The maximum Gasteiger partial charge on any atom is 0.241 e. The van der Waals surface area contributed by atoms with Crippen molar-refractivity contribution >= 4 is 0 Å². The van der Waals surface area contributed by atoms with E-state index in [1.165, 1.54) is 38.8 Å². The molecule has 1 saturated carbocycles. The first kappa shape index (κ1) is 14.8. The van der Waals surface area contributed by atoms with E-state index in [-0.39, 0.29) is 0 Å². The van der Waals surface area contributed by atoms with Crippen molar-refractivity contribution in [2.75, 3.05) is 26.2 Å². The lowest BCUT2D eigenvalue weighted by Gasteiger charge is -2.37. The second-order valence-corrected chi connectivity index (χ2v) is 6.63. The number of hydrogen-bond donors (Lipinski definition) is 0. The summed E-state index contributed by atoms with van der Waals surface area (Å²) >= 11 is 0. The molecule has 122 valence electrons. The summed E-state index contributed by atoms with van der Waals surface area (Å²) in [5.74, 6) is 1.41. The van der Waals surface area contributed by atoms with Crippen LogP contribution < -0.4 is 0 Å². The van der Waals surface area contributed by atoms with E-state index in [4.69, 9.17) is 4.52 Å². The quantitative estimate of drug-likeness (QED) is 0.868. The highest BCUT2D eigenvalue weighted by Crippen LogP contribution is 2.24. The van der Waals surface area contributed by atoms with E-state index in [1.807, 2.05) is 30.3 Å². The number of nitrogens with zero attached hydrogens (tertiary/aromatic N) is 4. The van der Waals surface area contributed by atoms with Crippen LogP contribution in [0.25, 0.3) is 11.4 Å². The molecule has 2 fully saturated rings. The van der Waals surface area contributed by atoms with Crippen molar-refractivity contribution in [3.63, 3.8) is 0 Å². The molecule has 0 amide bonds. The molecule has 1 aromatic heterocycles. The molecule has 0 N–H and O–H groups in total. The predicted molar refractivity (Wildman–Crippen MR) is 88.8 cm³/mol. The van der Waals surface area contributed by atoms with E-state index in [9.17, 15) is 0 Å². The Morgan fingerprint density at radius 1 is 1.00 bits per heavy atom.